The van der Waals surface area contributed by atoms with Crippen LogP contribution in [-0.4, -0.2) is 28.1 Å². The predicted molar refractivity (Wildman–Crippen MR) is 77.5 cm³/mol. The molecule has 0 spiro atoms. The van der Waals surface area contributed by atoms with Crippen LogP contribution in [0.2, 0.25) is 0 Å². The minimum atomic E-state index is 0.0156. The highest BCUT2D eigenvalue weighted by molar-refractivity contribution is 5.33. The average Bonchev–Trinajstić information content (AvgIpc) is 2.89. The summed E-state index contributed by atoms with van der Waals surface area (Å²) >= 11 is 0. The quantitative estimate of drug-likeness (QED) is 0.896. The third kappa shape index (κ3) is 3.01. The smallest absolute Gasteiger partial charge is 0.0735 e. The standard InChI is InChI=1S/C15H22N4/c1-12(16-4)10-15(2,3)14-11-17-18-19(14)13-8-6-5-7-9-13/h5-9,11-12,16H,10H2,1-4H3. The van der Waals surface area contributed by atoms with Crippen molar-refractivity contribution in [2.45, 2.75) is 38.6 Å². The van der Waals surface area contributed by atoms with Crippen LogP contribution in [0.5, 0.6) is 0 Å². The summed E-state index contributed by atoms with van der Waals surface area (Å²) in [5, 5.41) is 11.6. The van der Waals surface area contributed by atoms with Crippen LogP contribution in [-0.2, 0) is 5.41 Å². The molecule has 0 saturated carbocycles. The molecule has 1 aromatic carbocycles. The van der Waals surface area contributed by atoms with Crippen LogP contribution in [0.25, 0.3) is 5.69 Å². The highest BCUT2D eigenvalue weighted by Gasteiger charge is 2.27. The van der Waals surface area contributed by atoms with E-state index in [1.54, 1.807) is 0 Å². The molecule has 4 nitrogen and oxygen atoms in total. The average molecular weight is 258 g/mol. The second-order valence-corrected chi connectivity index (χ2v) is 5.64. The first-order valence-electron chi connectivity index (χ1n) is 6.68. The largest absolute Gasteiger partial charge is 0.317 e. The van der Waals surface area contributed by atoms with Crippen molar-refractivity contribution in [1.29, 1.82) is 0 Å². The molecule has 4 heteroatoms. The van der Waals surface area contributed by atoms with Gasteiger partial charge in [-0.3, -0.25) is 0 Å². The van der Waals surface area contributed by atoms with Crippen molar-refractivity contribution in [2.24, 2.45) is 0 Å². The third-order valence-corrected chi connectivity index (χ3v) is 3.55. The fourth-order valence-corrected chi connectivity index (χ4v) is 2.43. The molecule has 19 heavy (non-hydrogen) atoms. The Morgan fingerprint density at radius 3 is 2.58 bits per heavy atom. The zero-order valence-electron chi connectivity index (χ0n) is 12.1. The minimum absolute atomic E-state index is 0.0156. The number of para-hydroxylation sites is 1. The zero-order valence-corrected chi connectivity index (χ0v) is 12.1. The van der Waals surface area contributed by atoms with Crippen LogP contribution in [0, 0.1) is 0 Å². The van der Waals surface area contributed by atoms with Crippen molar-refractivity contribution in [1.82, 2.24) is 20.3 Å². The van der Waals surface area contributed by atoms with Gasteiger partial charge in [-0.1, -0.05) is 37.3 Å². The lowest BCUT2D eigenvalue weighted by atomic mass is 9.83. The number of nitrogens with one attached hydrogen (secondary N) is 1. The molecule has 0 radical (unpaired) electrons. The van der Waals surface area contributed by atoms with Crippen molar-refractivity contribution >= 4 is 0 Å². The van der Waals surface area contributed by atoms with E-state index in [0.29, 0.717) is 6.04 Å². The van der Waals surface area contributed by atoms with Crippen molar-refractivity contribution in [3.05, 3.63) is 42.2 Å². The van der Waals surface area contributed by atoms with Crippen LogP contribution in [0.15, 0.2) is 36.5 Å². The van der Waals surface area contributed by atoms with Crippen molar-refractivity contribution < 1.29 is 0 Å². The van der Waals surface area contributed by atoms with Gasteiger partial charge in [0.1, 0.15) is 0 Å². The van der Waals surface area contributed by atoms with Crippen LogP contribution in [0.1, 0.15) is 32.9 Å². The van der Waals surface area contributed by atoms with Gasteiger partial charge in [-0.25, -0.2) is 4.68 Å². The molecule has 0 aliphatic rings. The molecule has 1 heterocycles. The van der Waals surface area contributed by atoms with Crippen LogP contribution >= 0.6 is 0 Å². The van der Waals surface area contributed by atoms with Crippen LogP contribution in [0.3, 0.4) is 0 Å². The molecule has 0 aliphatic heterocycles. The first-order chi connectivity index (χ1) is 9.04. The fourth-order valence-electron chi connectivity index (χ4n) is 2.43. The van der Waals surface area contributed by atoms with E-state index < -0.39 is 0 Å². The molecular formula is C15H22N4. The Bertz CT molecular complexity index is 516. The SMILES string of the molecule is CNC(C)CC(C)(C)c1cnnn1-c1ccccc1. The summed E-state index contributed by atoms with van der Waals surface area (Å²) in [4.78, 5) is 0. The lowest BCUT2D eigenvalue weighted by molar-refractivity contribution is 0.389. The molecule has 1 aromatic heterocycles. The fraction of sp³-hybridized carbons (Fsp3) is 0.467. The molecule has 102 valence electrons. The molecule has 0 amide bonds. The second-order valence-electron chi connectivity index (χ2n) is 5.64. The van der Waals surface area contributed by atoms with Crippen LogP contribution < -0.4 is 5.32 Å². The topological polar surface area (TPSA) is 42.7 Å². The van der Waals surface area contributed by atoms with E-state index in [2.05, 4.69) is 48.5 Å². The van der Waals surface area contributed by atoms with Crippen molar-refractivity contribution in [3.63, 3.8) is 0 Å². The molecule has 0 bridgehead atoms. The Kier molecular flexibility index (Phi) is 4.00. The molecule has 0 saturated heterocycles. The number of hydrogen-bond acceptors (Lipinski definition) is 3. The summed E-state index contributed by atoms with van der Waals surface area (Å²) in [6.45, 7) is 6.66. The highest BCUT2D eigenvalue weighted by Crippen LogP contribution is 2.29. The monoisotopic (exact) mass is 258 g/mol. The van der Waals surface area contributed by atoms with Gasteiger partial charge in [-0.15, -0.1) is 5.10 Å². The maximum Gasteiger partial charge on any atom is 0.0735 e. The summed E-state index contributed by atoms with van der Waals surface area (Å²) in [5.74, 6) is 0. The number of benzene rings is 1. The molecule has 0 aliphatic carbocycles. The number of rotatable bonds is 5. The maximum atomic E-state index is 4.23. The lowest BCUT2D eigenvalue weighted by Crippen LogP contribution is -2.32. The third-order valence-electron chi connectivity index (χ3n) is 3.55. The zero-order chi connectivity index (χ0) is 13.9. The van der Waals surface area contributed by atoms with Crippen LogP contribution in [0.4, 0.5) is 0 Å². The van der Waals surface area contributed by atoms with Gasteiger partial charge in [-0.05, 0) is 32.5 Å². The Morgan fingerprint density at radius 2 is 1.95 bits per heavy atom. The Hall–Kier alpha value is -1.68. The Morgan fingerprint density at radius 1 is 1.26 bits per heavy atom. The van der Waals surface area contributed by atoms with E-state index >= 15 is 0 Å². The van der Waals surface area contributed by atoms with Gasteiger partial charge in [-0.2, -0.15) is 0 Å². The number of aromatic nitrogens is 3. The van der Waals surface area contributed by atoms with Gasteiger partial charge in [0.25, 0.3) is 0 Å². The molecular weight excluding hydrogens is 236 g/mol. The van der Waals surface area contributed by atoms with Crippen molar-refractivity contribution in [3.8, 4) is 5.69 Å². The Labute approximate surface area is 114 Å². The van der Waals surface area contributed by atoms with Gasteiger partial charge in [0, 0.05) is 11.5 Å². The summed E-state index contributed by atoms with van der Waals surface area (Å²) in [6.07, 6.45) is 2.90. The molecule has 1 atom stereocenters. The van der Waals surface area contributed by atoms with E-state index in [4.69, 9.17) is 0 Å². The van der Waals surface area contributed by atoms with Gasteiger partial charge in [0.2, 0.25) is 0 Å². The Balaban J connectivity index is 2.34. The first kappa shape index (κ1) is 13.7. The molecule has 2 aromatic rings. The summed E-state index contributed by atoms with van der Waals surface area (Å²) in [7, 11) is 1.99. The molecule has 1 unspecified atom stereocenters. The van der Waals surface area contributed by atoms with E-state index in [-0.39, 0.29) is 5.41 Å². The predicted octanol–water partition coefficient (Wildman–Crippen LogP) is 2.54. The molecule has 0 fully saturated rings. The summed E-state index contributed by atoms with van der Waals surface area (Å²) < 4.78 is 1.93. The summed E-state index contributed by atoms with van der Waals surface area (Å²) in [5.41, 5.74) is 2.21. The van der Waals surface area contributed by atoms with Crippen molar-refractivity contribution in [2.75, 3.05) is 7.05 Å². The van der Waals surface area contributed by atoms with E-state index in [1.165, 1.54) is 0 Å². The minimum Gasteiger partial charge on any atom is -0.317 e. The lowest BCUT2D eigenvalue weighted by Gasteiger charge is -2.28. The normalized spacial score (nSPS) is 13.5. The number of nitrogens with zero attached hydrogens (tertiary/aromatic N) is 3. The van der Waals surface area contributed by atoms with Gasteiger partial charge >= 0.3 is 0 Å². The highest BCUT2D eigenvalue weighted by atomic mass is 15.4. The van der Waals surface area contributed by atoms with Gasteiger partial charge < -0.3 is 5.32 Å². The summed E-state index contributed by atoms with van der Waals surface area (Å²) in [6, 6.07) is 10.6. The molecule has 1 N–H and O–H groups in total. The van der Waals surface area contributed by atoms with E-state index in [0.717, 1.165) is 17.8 Å². The molecule has 2 rings (SSSR count). The van der Waals surface area contributed by atoms with Gasteiger partial charge in [0.05, 0.1) is 17.6 Å². The van der Waals surface area contributed by atoms with E-state index in [9.17, 15) is 0 Å². The van der Waals surface area contributed by atoms with E-state index in [1.807, 2.05) is 36.1 Å². The first-order valence-corrected chi connectivity index (χ1v) is 6.68. The maximum absolute atomic E-state index is 4.23. The second kappa shape index (κ2) is 5.53. The number of hydrogen-bond donors (Lipinski definition) is 1. The van der Waals surface area contributed by atoms with Gasteiger partial charge in [0.15, 0.2) is 0 Å².